The van der Waals surface area contributed by atoms with Gasteiger partial charge in [0, 0.05) is 0 Å². The third-order valence-electron chi connectivity index (χ3n) is 3.77. The maximum atomic E-state index is 13.6. The number of benzene rings is 1. The SMILES string of the molecule is CCOC(=O)C1(C(F)(F)F)C(C(C)=O)N1C(=O)OCc1ccccc1. The molecule has 1 saturated heterocycles. The Bertz CT molecular complexity index is 676. The number of carbonyl (C=O) groups excluding carboxylic acids is 3. The van der Waals surface area contributed by atoms with Gasteiger partial charge in [0.1, 0.15) is 12.6 Å². The van der Waals surface area contributed by atoms with Gasteiger partial charge in [0.2, 0.25) is 0 Å². The van der Waals surface area contributed by atoms with Gasteiger partial charge in [-0.25, -0.2) is 9.59 Å². The minimum absolute atomic E-state index is 0.0935. The second-order valence-electron chi connectivity index (χ2n) is 5.41. The summed E-state index contributed by atoms with van der Waals surface area (Å²) in [6, 6.07) is 6.28. The molecule has 1 heterocycles. The lowest BCUT2D eigenvalue weighted by atomic mass is 10.0. The molecule has 1 aromatic rings. The summed E-state index contributed by atoms with van der Waals surface area (Å²) in [6.07, 6.45) is -6.59. The van der Waals surface area contributed by atoms with Crippen molar-refractivity contribution < 1.29 is 37.0 Å². The van der Waals surface area contributed by atoms with Gasteiger partial charge in [-0.05, 0) is 19.4 Å². The van der Waals surface area contributed by atoms with Crippen molar-refractivity contribution in [1.29, 1.82) is 0 Å². The number of carbonyl (C=O) groups is 3. The molecule has 9 heteroatoms. The van der Waals surface area contributed by atoms with E-state index in [0.29, 0.717) is 5.56 Å². The highest BCUT2D eigenvalue weighted by Crippen LogP contribution is 2.54. The van der Waals surface area contributed by atoms with E-state index in [1.54, 1.807) is 30.3 Å². The molecule has 0 bridgehead atoms. The van der Waals surface area contributed by atoms with E-state index in [1.165, 1.54) is 6.92 Å². The molecule has 2 unspecified atom stereocenters. The molecule has 136 valence electrons. The molecule has 6 nitrogen and oxygen atoms in total. The lowest BCUT2D eigenvalue weighted by Gasteiger charge is -2.18. The summed E-state index contributed by atoms with van der Waals surface area (Å²) < 4.78 is 50.0. The van der Waals surface area contributed by atoms with Crippen LogP contribution in [0.2, 0.25) is 0 Å². The van der Waals surface area contributed by atoms with Crippen LogP contribution in [-0.4, -0.2) is 47.1 Å². The molecule has 2 rings (SSSR count). The number of ether oxygens (including phenoxy) is 2. The first kappa shape index (κ1) is 18.8. The smallest absolute Gasteiger partial charge is 0.425 e. The van der Waals surface area contributed by atoms with E-state index in [-0.39, 0.29) is 18.1 Å². The maximum absolute atomic E-state index is 13.6. The van der Waals surface area contributed by atoms with Crippen molar-refractivity contribution >= 4 is 17.8 Å². The standard InChI is InChI=1S/C16H16F3NO5/c1-3-24-13(22)15(16(17,18)19)12(10(2)21)20(15)14(23)25-9-11-7-5-4-6-8-11/h4-8,12H,3,9H2,1-2H3. The number of amides is 1. The second-order valence-corrected chi connectivity index (χ2v) is 5.41. The molecule has 2 atom stereocenters. The van der Waals surface area contributed by atoms with Crippen LogP contribution in [-0.2, 0) is 25.7 Å². The molecule has 1 amide bonds. The second kappa shape index (κ2) is 6.73. The van der Waals surface area contributed by atoms with Crippen molar-refractivity contribution in [1.82, 2.24) is 4.90 Å². The lowest BCUT2D eigenvalue weighted by molar-refractivity contribution is -0.194. The number of hydrogen-bond acceptors (Lipinski definition) is 5. The van der Waals surface area contributed by atoms with Crippen molar-refractivity contribution in [3.8, 4) is 0 Å². The number of hydrogen-bond donors (Lipinski definition) is 0. The molecule has 0 radical (unpaired) electrons. The highest BCUT2D eigenvalue weighted by molar-refractivity contribution is 6.05. The van der Waals surface area contributed by atoms with Crippen LogP contribution in [0.25, 0.3) is 0 Å². The topological polar surface area (TPSA) is 72.7 Å². The third kappa shape index (κ3) is 3.18. The van der Waals surface area contributed by atoms with Crippen molar-refractivity contribution in [3.63, 3.8) is 0 Å². The predicted octanol–water partition coefficient (Wildman–Crippen LogP) is 2.46. The largest absolute Gasteiger partial charge is 0.464 e. The van der Waals surface area contributed by atoms with Crippen molar-refractivity contribution in [2.45, 2.75) is 38.2 Å². The number of ketones is 1. The third-order valence-corrected chi connectivity index (χ3v) is 3.77. The Morgan fingerprint density at radius 1 is 1.16 bits per heavy atom. The average molecular weight is 359 g/mol. The molecule has 1 aliphatic heterocycles. The number of alkyl halides is 3. The van der Waals surface area contributed by atoms with E-state index in [1.807, 2.05) is 0 Å². The van der Waals surface area contributed by atoms with E-state index < -0.39 is 35.6 Å². The Kier molecular flexibility index (Phi) is 5.05. The molecule has 1 aromatic carbocycles. The van der Waals surface area contributed by atoms with Gasteiger partial charge in [0.15, 0.2) is 5.78 Å². The van der Waals surface area contributed by atoms with E-state index in [9.17, 15) is 27.6 Å². The summed E-state index contributed by atoms with van der Waals surface area (Å²) in [5.74, 6) is -2.68. The molecule has 0 saturated carbocycles. The summed E-state index contributed by atoms with van der Waals surface area (Å²) in [4.78, 5) is 35.7. The highest BCUT2D eigenvalue weighted by atomic mass is 19.4. The Morgan fingerprint density at radius 2 is 1.76 bits per heavy atom. The average Bonchev–Trinajstić information content (AvgIpc) is 3.26. The van der Waals surface area contributed by atoms with Crippen LogP contribution in [0.3, 0.4) is 0 Å². The van der Waals surface area contributed by atoms with Crippen LogP contribution >= 0.6 is 0 Å². The van der Waals surface area contributed by atoms with Crippen molar-refractivity contribution in [2.75, 3.05) is 6.61 Å². The molecule has 1 aliphatic rings. The first-order valence-corrected chi connectivity index (χ1v) is 7.42. The zero-order valence-corrected chi connectivity index (χ0v) is 13.5. The van der Waals surface area contributed by atoms with Crippen LogP contribution in [0.15, 0.2) is 30.3 Å². The molecule has 0 aromatic heterocycles. The van der Waals surface area contributed by atoms with Crippen LogP contribution < -0.4 is 0 Å². The molecular formula is C16H16F3NO5. The van der Waals surface area contributed by atoms with Crippen molar-refractivity contribution in [3.05, 3.63) is 35.9 Å². The van der Waals surface area contributed by atoms with Gasteiger partial charge in [0.05, 0.1) is 6.61 Å². The molecule has 25 heavy (non-hydrogen) atoms. The molecule has 0 aliphatic carbocycles. The summed E-state index contributed by atoms with van der Waals surface area (Å²) in [5.41, 5.74) is -2.78. The summed E-state index contributed by atoms with van der Waals surface area (Å²) in [5, 5.41) is 0. The minimum Gasteiger partial charge on any atom is -0.464 e. The molecule has 0 spiro atoms. The normalized spacial score (nSPS) is 22.3. The van der Waals surface area contributed by atoms with Gasteiger partial charge in [0.25, 0.3) is 5.54 Å². The van der Waals surface area contributed by atoms with Crippen LogP contribution in [0.5, 0.6) is 0 Å². The molecular weight excluding hydrogens is 343 g/mol. The Hall–Kier alpha value is -2.58. The minimum atomic E-state index is -5.18. The number of halogens is 3. The van der Waals surface area contributed by atoms with Gasteiger partial charge >= 0.3 is 18.2 Å². The predicted molar refractivity (Wildman–Crippen MR) is 78.4 cm³/mol. The zero-order chi connectivity index (χ0) is 18.8. The van der Waals surface area contributed by atoms with E-state index >= 15 is 0 Å². The lowest BCUT2D eigenvalue weighted by Crippen LogP contribution is -2.48. The highest BCUT2D eigenvalue weighted by Gasteiger charge is 2.87. The Morgan fingerprint density at radius 3 is 2.24 bits per heavy atom. The van der Waals surface area contributed by atoms with Crippen molar-refractivity contribution in [2.24, 2.45) is 0 Å². The molecule has 0 N–H and O–H groups in total. The number of nitrogens with zero attached hydrogens (tertiary/aromatic N) is 1. The summed E-state index contributed by atoms with van der Waals surface area (Å²) in [7, 11) is 0. The van der Waals surface area contributed by atoms with Crippen LogP contribution in [0, 0.1) is 0 Å². The summed E-state index contributed by atoms with van der Waals surface area (Å²) in [6.45, 7) is 1.58. The Labute approximate surface area is 141 Å². The van der Waals surface area contributed by atoms with Crippen LogP contribution in [0.1, 0.15) is 19.4 Å². The van der Waals surface area contributed by atoms with Crippen LogP contribution in [0.4, 0.5) is 18.0 Å². The quantitative estimate of drug-likeness (QED) is 0.597. The fourth-order valence-corrected chi connectivity index (χ4v) is 2.66. The van der Waals surface area contributed by atoms with Gasteiger partial charge in [-0.3, -0.25) is 9.69 Å². The first-order valence-electron chi connectivity index (χ1n) is 7.42. The Balaban J connectivity index is 2.25. The van der Waals surface area contributed by atoms with Gasteiger partial charge < -0.3 is 9.47 Å². The number of esters is 1. The fourth-order valence-electron chi connectivity index (χ4n) is 2.66. The fraction of sp³-hybridized carbons (Fsp3) is 0.438. The monoisotopic (exact) mass is 359 g/mol. The van der Waals surface area contributed by atoms with Gasteiger partial charge in [-0.2, -0.15) is 13.2 Å². The van der Waals surface area contributed by atoms with E-state index in [2.05, 4.69) is 4.74 Å². The van der Waals surface area contributed by atoms with E-state index in [4.69, 9.17) is 4.74 Å². The van der Waals surface area contributed by atoms with Gasteiger partial charge in [-0.15, -0.1) is 0 Å². The van der Waals surface area contributed by atoms with E-state index in [0.717, 1.165) is 6.92 Å². The summed E-state index contributed by atoms with van der Waals surface area (Å²) >= 11 is 0. The first-order chi connectivity index (χ1) is 11.7. The zero-order valence-electron chi connectivity index (χ0n) is 13.5. The maximum Gasteiger partial charge on any atom is 0.425 e. The number of rotatable bonds is 5. The molecule has 1 fully saturated rings. The number of Topliss-reactive ketones (excluding diaryl/α,β-unsaturated/α-hetero) is 1. The van der Waals surface area contributed by atoms with Gasteiger partial charge in [-0.1, -0.05) is 30.3 Å².